The molecule has 0 aliphatic heterocycles. The van der Waals surface area contributed by atoms with E-state index in [1.807, 2.05) is 0 Å². The summed E-state index contributed by atoms with van der Waals surface area (Å²) >= 11 is 0. The maximum Gasteiger partial charge on any atom is 0.416 e. The largest absolute Gasteiger partial charge is 0.465 e. The van der Waals surface area contributed by atoms with Crippen molar-refractivity contribution in [3.63, 3.8) is 0 Å². The van der Waals surface area contributed by atoms with Crippen molar-refractivity contribution < 1.29 is 40.7 Å². The molecule has 2 heterocycles. The molecule has 3 rings (SSSR count). The number of aryl methyl sites for hydroxylation is 1. The zero-order chi connectivity index (χ0) is 26.1. The molecule has 0 spiro atoms. The second-order valence-electron chi connectivity index (χ2n) is 7.32. The van der Waals surface area contributed by atoms with E-state index >= 15 is 0 Å². The van der Waals surface area contributed by atoms with Crippen LogP contribution in [0.4, 0.5) is 26.3 Å². The maximum atomic E-state index is 13.1. The number of rotatable bonds is 5. The number of aromatic nitrogens is 4. The second-order valence-corrected chi connectivity index (χ2v) is 7.32. The Kier molecular flexibility index (Phi) is 6.85. The number of pyridine rings is 1. The van der Waals surface area contributed by atoms with Crippen LogP contribution in [-0.4, -0.2) is 38.7 Å². The lowest BCUT2D eigenvalue weighted by molar-refractivity contribution is -0.143. The number of carbonyl (C=O) groups excluding carboxylic acids is 2. The molecule has 8 nitrogen and oxygen atoms in total. The van der Waals surface area contributed by atoms with Crippen molar-refractivity contribution in [2.24, 2.45) is 0 Å². The first kappa shape index (κ1) is 25.6. The Labute approximate surface area is 193 Å². The Morgan fingerprint density at radius 2 is 1.60 bits per heavy atom. The molecule has 1 aromatic carbocycles. The number of hydrogen-bond acceptors (Lipinski definition) is 6. The highest BCUT2D eigenvalue weighted by Gasteiger charge is 2.37. The molecule has 0 saturated heterocycles. The van der Waals surface area contributed by atoms with E-state index in [1.165, 1.54) is 44.0 Å². The minimum Gasteiger partial charge on any atom is -0.465 e. The molecule has 0 saturated carbocycles. The van der Waals surface area contributed by atoms with Gasteiger partial charge in [-0.15, -0.1) is 5.10 Å². The van der Waals surface area contributed by atoms with Crippen LogP contribution >= 0.6 is 0 Å². The Bertz CT molecular complexity index is 1220. The molecular weight excluding hydrogens is 484 g/mol. The summed E-state index contributed by atoms with van der Waals surface area (Å²) in [6, 6.07) is 2.42. The van der Waals surface area contributed by atoms with E-state index in [-0.39, 0.29) is 29.1 Å². The number of nitrogens with one attached hydrogen (secondary N) is 1. The molecule has 0 aliphatic carbocycles. The lowest BCUT2D eigenvalue weighted by Gasteiger charge is -2.17. The number of carbonyl (C=O) groups is 2. The third-order valence-electron chi connectivity index (χ3n) is 4.71. The molecule has 186 valence electrons. The number of nitrogens with zero attached hydrogens (tertiary/aromatic N) is 4. The van der Waals surface area contributed by atoms with E-state index in [0.29, 0.717) is 12.1 Å². The SMILES string of the molecule is COC(=O)c1ccc(-n2nc(C)nc2[C@H](C)NC(=O)c2cc(C(F)(F)F)cc(C(F)(F)F)c2)nc1. The van der Waals surface area contributed by atoms with Crippen molar-refractivity contribution >= 4 is 11.9 Å². The molecule has 0 fully saturated rings. The molecule has 1 N–H and O–H groups in total. The first-order chi connectivity index (χ1) is 16.2. The van der Waals surface area contributed by atoms with Gasteiger partial charge >= 0.3 is 18.3 Å². The zero-order valence-corrected chi connectivity index (χ0v) is 18.3. The van der Waals surface area contributed by atoms with Crippen LogP contribution in [0.1, 0.15) is 56.5 Å². The van der Waals surface area contributed by atoms with Gasteiger partial charge in [0.15, 0.2) is 11.6 Å². The number of ether oxygens (including phenoxy) is 1. The molecule has 1 amide bonds. The summed E-state index contributed by atoms with van der Waals surface area (Å²) in [5.74, 6) is -1.28. The average molecular weight is 501 g/mol. The highest BCUT2D eigenvalue weighted by molar-refractivity contribution is 5.95. The summed E-state index contributed by atoms with van der Waals surface area (Å²) < 4.78 is 84.5. The Balaban J connectivity index is 1.92. The monoisotopic (exact) mass is 501 g/mol. The summed E-state index contributed by atoms with van der Waals surface area (Å²) in [6.45, 7) is 2.94. The fraction of sp³-hybridized carbons (Fsp3) is 0.286. The van der Waals surface area contributed by atoms with Crippen LogP contribution in [0.25, 0.3) is 5.82 Å². The predicted octanol–water partition coefficient (Wildman–Crippen LogP) is 4.29. The zero-order valence-electron chi connectivity index (χ0n) is 18.3. The fourth-order valence-electron chi connectivity index (χ4n) is 3.06. The topological polar surface area (TPSA) is 99.0 Å². The van der Waals surface area contributed by atoms with E-state index in [0.717, 1.165) is 0 Å². The molecule has 2 aromatic heterocycles. The van der Waals surface area contributed by atoms with E-state index in [4.69, 9.17) is 0 Å². The molecule has 35 heavy (non-hydrogen) atoms. The van der Waals surface area contributed by atoms with Crippen molar-refractivity contribution in [1.82, 2.24) is 25.1 Å². The number of amides is 1. The second kappa shape index (κ2) is 9.35. The van der Waals surface area contributed by atoms with Crippen LogP contribution in [0.3, 0.4) is 0 Å². The average Bonchev–Trinajstić information content (AvgIpc) is 3.19. The van der Waals surface area contributed by atoms with Gasteiger partial charge in [-0.25, -0.2) is 14.8 Å². The van der Waals surface area contributed by atoms with Gasteiger partial charge in [0, 0.05) is 11.8 Å². The standard InChI is InChI=1S/C21H17F6N5O3/c1-10(17-30-11(2)31-32(17)16-5-4-12(9-28-16)19(34)35-3)29-18(33)13-6-14(20(22,23)24)8-15(7-13)21(25,26)27/h4-10H,1-3H3,(H,29,33)/t10-/m0/s1. The minimum atomic E-state index is -5.10. The first-order valence-electron chi connectivity index (χ1n) is 9.79. The first-order valence-corrected chi connectivity index (χ1v) is 9.79. The number of halogens is 6. The van der Waals surface area contributed by atoms with Gasteiger partial charge in [-0.1, -0.05) is 0 Å². The Morgan fingerprint density at radius 3 is 2.09 bits per heavy atom. The molecule has 1 atom stereocenters. The van der Waals surface area contributed by atoms with Crippen LogP contribution in [0, 0.1) is 6.92 Å². The summed E-state index contributed by atoms with van der Waals surface area (Å²) in [6.07, 6.45) is -8.98. The maximum absolute atomic E-state index is 13.1. The third kappa shape index (κ3) is 5.75. The van der Waals surface area contributed by atoms with Gasteiger partial charge in [0.25, 0.3) is 5.91 Å². The molecular formula is C21H17F6N5O3. The van der Waals surface area contributed by atoms with E-state index in [9.17, 15) is 35.9 Å². The van der Waals surface area contributed by atoms with E-state index in [2.05, 4.69) is 25.1 Å². The summed E-state index contributed by atoms with van der Waals surface area (Å²) in [7, 11) is 1.20. The van der Waals surface area contributed by atoms with Crippen molar-refractivity contribution in [3.8, 4) is 5.82 Å². The smallest absolute Gasteiger partial charge is 0.416 e. The Hall–Kier alpha value is -3.97. The van der Waals surface area contributed by atoms with Gasteiger partial charge in [-0.05, 0) is 44.2 Å². The van der Waals surface area contributed by atoms with Crippen LogP contribution in [0.5, 0.6) is 0 Å². The molecule has 0 aliphatic rings. The molecule has 3 aromatic rings. The van der Waals surface area contributed by atoms with Crippen LogP contribution in [0.2, 0.25) is 0 Å². The van der Waals surface area contributed by atoms with Crippen molar-refractivity contribution in [2.45, 2.75) is 32.2 Å². The quantitative estimate of drug-likeness (QED) is 0.414. The third-order valence-corrected chi connectivity index (χ3v) is 4.71. The van der Waals surface area contributed by atoms with Crippen LogP contribution in [-0.2, 0) is 17.1 Å². The predicted molar refractivity (Wildman–Crippen MR) is 108 cm³/mol. The van der Waals surface area contributed by atoms with Gasteiger partial charge in [0.05, 0.1) is 29.8 Å². The molecule has 0 radical (unpaired) electrons. The van der Waals surface area contributed by atoms with E-state index in [1.54, 1.807) is 0 Å². The lowest BCUT2D eigenvalue weighted by Crippen LogP contribution is -2.29. The number of methoxy groups -OCH3 is 1. The van der Waals surface area contributed by atoms with Crippen molar-refractivity contribution in [3.05, 3.63) is 70.4 Å². The Morgan fingerprint density at radius 1 is 1.00 bits per heavy atom. The van der Waals surface area contributed by atoms with E-state index < -0.39 is 47.0 Å². The lowest BCUT2D eigenvalue weighted by atomic mass is 10.0. The number of alkyl halides is 6. The minimum absolute atomic E-state index is 0.0656. The summed E-state index contributed by atoms with van der Waals surface area (Å²) in [4.78, 5) is 32.5. The molecule has 0 unspecified atom stereocenters. The van der Waals surface area contributed by atoms with Gasteiger partial charge in [0.1, 0.15) is 5.82 Å². The molecule has 0 bridgehead atoms. The van der Waals surface area contributed by atoms with Gasteiger partial charge < -0.3 is 10.1 Å². The number of esters is 1. The van der Waals surface area contributed by atoms with Gasteiger partial charge in [0.2, 0.25) is 0 Å². The fourth-order valence-corrected chi connectivity index (χ4v) is 3.06. The van der Waals surface area contributed by atoms with Crippen molar-refractivity contribution in [1.29, 1.82) is 0 Å². The number of benzene rings is 1. The van der Waals surface area contributed by atoms with Gasteiger partial charge in [-0.2, -0.15) is 31.0 Å². The summed E-state index contributed by atoms with van der Waals surface area (Å²) in [5, 5.41) is 6.48. The van der Waals surface area contributed by atoms with Crippen molar-refractivity contribution in [2.75, 3.05) is 7.11 Å². The highest BCUT2D eigenvalue weighted by atomic mass is 19.4. The highest BCUT2D eigenvalue weighted by Crippen LogP contribution is 2.36. The summed E-state index contributed by atoms with van der Waals surface area (Å²) in [5.41, 5.74) is -3.90. The normalized spacial score (nSPS) is 12.8. The molecule has 14 heteroatoms. The van der Waals surface area contributed by atoms with Crippen LogP contribution in [0.15, 0.2) is 36.5 Å². The van der Waals surface area contributed by atoms with Crippen LogP contribution < -0.4 is 5.32 Å². The number of hydrogen-bond donors (Lipinski definition) is 1. The van der Waals surface area contributed by atoms with Gasteiger partial charge in [-0.3, -0.25) is 4.79 Å².